The van der Waals surface area contributed by atoms with Gasteiger partial charge in [0.25, 0.3) is 5.91 Å². The van der Waals surface area contributed by atoms with Gasteiger partial charge in [-0.05, 0) is 19.1 Å². The van der Waals surface area contributed by atoms with Crippen LogP contribution < -0.4 is 5.32 Å². The van der Waals surface area contributed by atoms with E-state index in [0.29, 0.717) is 23.3 Å². The summed E-state index contributed by atoms with van der Waals surface area (Å²) in [6, 6.07) is 8.76. The number of nitrogens with one attached hydrogen (secondary N) is 1. The largest absolute Gasteiger partial charge is 0.394 e. The molecule has 0 radical (unpaired) electrons. The topological polar surface area (TPSA) is 132 Å². The molecule has 29 heavy (non-hydrogen) atoms. The number of amides is 1. The molecule has 0 saturated carbocycles. The summed E-state index contributed by atoms with van der Waals surface area (Å²) in [4.78, 5) is 25.2. The fraction of sp³-hybridized carbons (Fsp3) is 0.368. The van der Waals surface area contributed by atoms with Crippen LogP contribution in [0, 0.1) is 0 Å². The van der Waals surface area contributed by atoms with Gasteiger partial charge in [0, 0.05) is 12.2 Å². The van der Waals surface area contributed by atoms with Crippen LogP contribution in [0.4, 0.5) is 5.82 Å². The Labute approximate surface area is 166 Å². The van der Waals surface area contributed by atoms with Crippen LogP contribution in [0.3, 0.4) is 0 Å². The smallest absolute Gasteiger partial charge is 0.256 e. The van der Waals surface area contributed by atoms with E-state index in [1.165, 1.54) is 12.7 Å². The highest BCUT2D eigenvalue weighted by Gasteiger charge is 2.45. The highest BCUT2D eigenvalue weighted by atomic mass is 16.6. The minimum Gasteiger partial charge on any atom is -0.394 e. The molecule has 4 rings (SSSR count). The van der Waals surface area contributed by atoms with Crippen LogP contribution in [0.25, 0.3) is 11.2 Å². The monoisotopic (exact) mass is 399 g/mol. The first-order valence-corrected chi connectivity index (χ1v) is 9.24. The number of nitrogens with zero attached hydrogens (tertiary/aromatic N) is 4. The minimum atomic E-state index is -0.999. The molecule has 3 N–H and O–H groups in total. The third-order valence-electron chi connectivity index (χ3n) is 4.75. The van der Waals surface area contributed by atoms with Crippen LogP contribution in [0.1, 0.15) is 23.5 Å². The molecule has 1 fully saturated rings. The fourth-order valence-electron chi connectivity index (χ4n) is 3.36. The van der Waals surface area contributed by atoms with Crippen LogP contribution in [-0.2, 0) is 9.47 Å². The number of aliphatic hydroxyl groups is 2. The van der Waals surface area contributed by atoms with E-state index in [1.807, 2.05) is 13.0 Å². The number of rotatable bonds is 6. The number of ether oxygens (including phenoxy) is 2. The number of aliphatic hydroxyl groups excluding tert-OH is 2. The third kappa shape index (κ3) is 3.58. The van der Waals surface area contributed by atoms with Crippen molar-refractivity contribution >= 4 is 22.9 Å². The number of anilines is 1. The lowest BCUT2D eigenvalue weighted by molar-refractivity contribution is -0.0676. The summed E-state index contributed by atoms with van der Waals surface area (Å²) in [5.74, 6) is -0.0620. The Morgan fingerprint density at radius 2 is 2.07 bits per heavy atom. The van der Waals surface area contributed by atoms with E-state index in [1.54, 1.807) is 28.8 Å². The summed E-state index contributed by atoms with van der Waals surface area (Å²) < 4.78 is 13.0. The Kier molecular flexibility index (Phi) is 5.49. The van der Waals surface area contributed by atoms with Gasteiger partial charge in [-0.3, -0.25) is 9.36 Å². The lowest BCUT2D eigenvalue weighted by Crippen LogP contribution is -2.35. The van der Waals surface area contributed by atoms with Gasteiger partial charge >= 0.3 is 0 Å². The molecule has 3 aromatic rings. The molecule has 3 heterocycles. The Hall–Kier alpha value is -2.92. The van der Waals surface area contributed by atoms with Gasteiger partial charge in [-0.15, -0.1) is 0 Å². The molecule has 4 atom stereocenters. The predicted octanol–water partition coefficient (Wildman–Crippen LogP) is 0.734. The van der Waals surface area contributed by atoms with E-state index < -0.39 is 24.5 Å². The predicted molar refractivity (Wildman–Crippen MR) is 102 cm³/mol. The van der Waals surface area contributed by atoms with Crippen LogP contribution >= 0.6 is 0 Å². The summed E-state index contributed by atoms with van der Waals surface area (Å²) in [5.41, 5.74) is 1.27. The summed E-state index contributed by atoms with van der Waals surface area (Å²) in [6.45, 7) is 1.82. The van der Waals surface area contributed by atoms with E-state index in [-0.39, 0.29) is 18.3 Å². The molecule has 0 aliphatic carbocycles. The number of hydrogen-bond acceptors (Lipinski definition) is 8. The number of fused-ring (bicyclic) bond motifs is 1. The molecule has 0 spiro atoms. The SMILES string of the molecule is CCOC1C(O)[C@@H](CO)O[C@H]1n1cnc2c(NC(=O)c3ccccc3)ncnc21. The van der Waals surface area contributed by atoms with Gasteiger partial charge in [-0.25, -0.2) is 15.0 Å². The molecule has 10 nitrogen and oxygen atoms in total. The third-order valence-corrected chi connectivity index (χ3v) is 4.75. The quantitative estimate of drug-likeness (QED) is 0.553. The van der Waals surface area contributed by atoms with Crippen molar-refractivity contribution < 1.29 is 24.5 Å². The maximum absolute atomic E-state index is 12.5. The first-order valence-electron chi connectivity index (χ1n) is 9.24. The van der Waals surface area contributed by atoms with Gasteiger partial charge in [0.05, 0.1) is 12.9 Å². The Morgan fingerprint density at radius 3 is 2.79 bits per heavy atom. The van der Waals surface area contributed by atoms with Gasteiger partial charge in [-0.1, -0.05) is 18.2 Å². The van der Waals surface area contributed by atoms with Crippen LogP contribution in [0.15, 0.2) is 43.0 Å². The number of carbonyl (C=O) groups excluding carboxylic acids is 1. The lowest BCUT2D eigenvalue weighted by atomic mass is 10.1. The molecule has 1 aliphatic heterocycles. The molecule has 2 unspecified atom stereocenters. The summed E-state index contributed by atoms with van der Waals surface area (Å²) >= 11 is 0. The second-order valence-electron chi connectivity index (χ2n) is 6.52. The van der Waals surface area contributed by atoms with Gasteiger partial charge in [0.2, 0.25) is 0 Å². The molecule has 152 valence electrons. The van der Waals surface area contributed by atoms with Crippen molar-refractivity contribution in [2.45, 2.75) is 31.5 Å². The van der Waals surface area contributed by atoms with E-state index in [0.717, 1.165) is 0 Å². The Bertz CT molecular complexity index is 995. The molecule has 2 aromatic heterocycles. The van der Waals surface area contributed by atoms with E-state index in [4.69, 9.17) is 9.47 Å². The molecule has 1 saturated heterocycles. The second kappa shape index (κ2) is 8.21. The first kappa shape index (κ1) is 19.4. The zero-order valence-electron chi connectivity index (χ0n) is 15.7. The fourth-order valence-corrected chi connectivity index (χ4v) is 3.36. The van der Waals surface area contributed by atoms with Gasteiger partial charge in [-0.2, -0.15) is 0 Å². The van der Waals surface area contributed by atoms with Crippen molar-refractivity contribution in [3.8, 4) is 0 Å². The summed E-state index contributed by atoms with van der Waals surface area (Å²) in [7, 11) is 0. The molecule has 1 amide bonds. The van der Waals surface area contributed by atoms with Crippen molar-refractivity contribution in [1.82, 2.24) is 19.5 Å². The highest BCUT2D eigenvalue weighted by Crippen LogP contribution is 2.34. The number of hydrogen-bond donors (Lipinski definition) is 3. The number of benzene rings is 1. The van der Waals surface area contributed by atoms with Gasteiger partial charge in [0.15, 0.2) is 23.2 Å². The molecule has 0 bridgehead atoms. The maximum Gasteiger partial charge on any atom is 0.256 e. The standard InChI is InChI=1S/C19H21N5O5/c1-2-28-15-14(26)12(8-25)29-19(15)24-10-22-13-16(20-9-21-17(13)24)23-18(27)11-6-4-3-5-7-11/h3-7,9-10,12,14-15,19,25-26H,2,8H2,1H3,(H,20,21,23,27)/t12-,14?,15?,19-/m1/s1. The molecular weight excluding hydrogens is 378 g/mol. The maximum atomic E-state index is 12.5. The van der Waals surface area contributed by atoms with Gasteiger partial charge in [0.1, 0.15) is 24.6 Å². The number of imidazole rings is 1. The normalized spacial score (nSPS) is 24.1. The number of aromatic nitrogens is 4. The van der Waals surface area contributed by atoms with E-state index in [9.17, 15) is 15.0 Å². The molecule has 1 aliphatic rings. The number of carbonyl (C=O) groups is 1. The van der Waals surface area contributed by atoms with Crippen molar-refractivity contribution in [1.29, 1.82) is 0 Å². The van der Waals surface area contributed by atoms with Crippen molar-refractivity contribution in [2.75, 3.05) is 18.5 Å². The average molecular weight is 399 g/mol. The minimum absolute atomic E-state index is 0.257. The summed E-state index contributed by atoms with van der Waals surface area (Å²) in [6.07, 6.45) is -0.423. The van der Waals surface area contributed by atoms with Gasteiger partial charge < -0.3 is 25.0 Å². The molecule has 1 aromatic carbocycles. The lowest BCUT2D eigenvalue weighted by Gasteiger charge is -2.21. The van der Waals surface area contributed by atoms with Crippen LogP contribution in [0.2, 0.25) is 0 Å². The zero-order chi connectivity index (χ0) is 20.4. The van der Waals surface area contributed by atoms with Crippen molar-refractivity contribution in [3.63, 3.8) is 0 Å². The Morgan fingerprint density at radius 1 is 1.28 bits per heavy atom. The second-order valence-corrected chi connectivity index (χ2v) is 6.52. The van der Waals surface area contributed by atoms with Crippen molar-refractivity contribution in [2.24, 2.45) is 0 Å². The summed E-state index contributed by atoms with van der Waals surface area (Å²) in [5, 5.41) is 22.6. The Balaban J connectivity index is 1.66. The van der Waals surface area contributed by atoms with E-state index in [2.05, 4.69) is 20.3 Å². The van der Waals surface area contributed by atoms with Crippen molar-refractivity contribution in [3.05, 3.63) is 48.5 Å². The average Bonchev–Trinajstić information content (AvgIpc) is 3.31. The first-order chi connectivity index (χ1) is 14.1. The van der Waals surface area contributed by atoms with Crippen LogP contribution in [-0.4, -0.2) is 67.2 Å². The molecule has 10 heteroatoms. The van der Waals surface area contributed by atoms with Crippen LogP contribution in [0.5, 0.6) is 0 Å². The van der Waals surface area contributed by atoms with E-state index >= 15 is 0 Å². The highest BCUT2D eigenvalue weighted by molar-refractivity contribution is 6.06. The zero-order valence-corrected chi connectivity index (χ0v) is 15.7. The molecular formula is C19H21N5O5.